The average molecular weight is 434 g/mol. The van der Waals surface area contributed by atoms with Crippen LogP contribution in [0.4, 0.5) is 17.8 Å². The Kier molecular flexibility index (Phi) is 5.98. The lowest BCUT2D eigenvalue weighted by Crippen LogP contribution is -2.38. The molecule has 2 aromatic carbocycles. The largest absolute Gasteiger partial charge is 0.507 e. The van der Waals surface area contributed by atoms with E-state index in [4.69, 9.17) is 9.72 Å². The highest BCUT2D eigenvalue weighted by Crippen LogP contribution is 2.26. The molecule has 0 aliphatic carbocycles. The van der Waals surface area contributed by atoms with Crippen LogP contribution in [0.25, 0.3) is 10.8 Å². The summed E-state index contributed by atoms with van der Waals surface area (Å²) in [4.78, 5) is 18.3. The van der Waals surface area contributed by atoms with E-state index < -0.39 is 0 Å². The predicted octanol–water partition coefficient (Wildman–Crippen LogP) is 3.00. The number of piperidine rings is 1. The van der Waals surface area contributed by atoms with Crippen LogP contribution in [0.2, 0.25) is 0 Å². The highest BCUT2D eigenvalue weighted by molar-refractivity contribution is 6.02. The summed E-state index contributed by atoms with van der Waals surface area (Å²) in [7, 11) is 0. The zero-order valence-corrected chi connectivity index (χ0v) is 17.9. The Hall–Kier alpha value is -3.46. The van der Waals surface area contributed by atoms with Gasteiger partial charge in [-0.15, -0.1) is 0 Å². The fourth-order valence-corrected chi connectivity index (χ4v) is 4.12. The minimum atomic E-state index is 0.174. The van der Waals surface area contributed by atoms with Crippen molar-refractivity contribution in [2.45, 2.75) is 19.3 Å². The maximum atomic E-state index is 10.3. The number of hydrogen-bond donors (Lipinski definition) is 2. The van der Waals surface area contributed by atoms with Gasteiger partial charge < -0.3 is 19.6 Å². The van der Waals surface area contributed by atoms with Crippen molar-refractivity contribution in [1.29, 1.82) is 0 Å². The molecule has 9 nitrogen and oxygen atoms in total. The van der Waals surface area contributed by atoms with Crippen molar-refractivity contribution < 1.29 is 9.84 Å². The van der Waals surface area contributed by atoms with E-state index in [1.54, 1.807) is 12.3 Å². The number of nitrogens with one attached hydrogen (secondary N) is 1. The lowest BCUT2D eigenvalue weighted by atomic mass is 10.0. The van der Waals surface area contributed by atoms with Gasteiger partial charge in [-0.25, -0.2) is 5.43 Å². The molecule has 1 aromatic heterocycles. The van der Waals surface area contributed by atoms with Gasteiger partial charge in [0, 0.05) is 31.7 Å². The van der Waals surface area contributed by atoms with E-state index in [1.807, 2.05) is 30.3 Å². The number of hydrazone groups is 1. The van der Waals surface area contributed by atoms with E-state index in [-0.39, 0.29) is 5.75 Å². The number of nitrogens with zero attached hydrogens (tertiary/aromatic N) is 6. The smallest absolute Gasteiger partial charge is 0.250 e. The van der Waals surface area contributed by atoms with Gasteiger partial charge in [-0.1, -0.05) is 30.3 Å². The molecule has 2 saturated heterocycles. The number of fused-ring (bicyclic) bond motifs is 1. The van der Waals surface area contributed by atoms with Crippen molar-refractivity contribution in [2.75, 3.05) is 54.6 Å². The van der Waals surface area contributed by atoms with Crippen LogP contribution >= 0.6 is 0 Å². The third-order valence-corrected chi connectivity index (χ3v) is 5.85. The van der Waals surface area contributed by atoms with Crippen molar-refractivity contribution >= 4 is 34.8 Å². The molecule has 32 heavy (non-hydrogen) atoms. The molecule has 2 aliphatic rings. The Balaban J connectivity index is 1.43. The first-order valence-electron chi connectivity index (χ1n) is 11.1. The van der Waals surface area contributed by atoms with Crippen molar-refractivity contribution in [3.05, 3.63) is 42.0 Å². The van der Waals surface area contributed by atoms with E-state index >= 15 is 0 Å². The molecule has 5 rings (SSSR count). The molecular formula is C23H27N7O2. The van der Waals surface area contributed by atoms with E-state index in [0.29, 0.717) is 36.6 Å². The number of hydrogen-bond acceptors (Lipinski definition) is 9. The standard InChI is InChI=1S/C23H27N7O2/c31-20-9-8-17-6-2-3-7-18(17)19(20)16-24-28-21-25-22(29-10-4-1-5-11-29)27-23(26-21)30-12-14-32-15-13-30/h2-3,6-9,16,31H,1,4-5,10-15H2,(H,25,26,27,28)/b24-16+. The van der Waals surface area contributed by atoms with Crippen LogP contribution in [0.15, 0.2) is 41.5 Å². The number of benzene rings is 2. The van der Waals surface area contributed by atoms with Crippen LogP contribution in [0.1, 0.15) is 24.8 Å². The van der Waals surface area contributed by atoms with E-state index in [9.17, 15) is 5.11 Å². The van der Waals surface area contributed by atoms with Gasteiger partial charge in [0.1, 0.15) is 5.75 Å². The topological polar surface area (TPSA) is 99.0 Å². The second-order valence-corrected chi connectivity index (χ2v) is 8.00. The second-order valence-electron chi connectivity index (χ2n) is 8.00. The first-order chi connectivity index (χ1) is 15.8. The third kappa shape index (κ3) is 4.43. The number of morpholine rings is 1. The summed E-state index contributed by atoms with van der Waals surface area (Å²) in [5, 5.41) is 16.7. The number of aromatic nitrogens is 3. The number of ether oxygens (including phenoxy) is 1. The van der Waals surface area contributed by atoms with Crippen LogP contribution in [0.5, 0.6) is 5.75 Å². The molecule has 0 radical (unpaired) electrons. The first kappa shape index (κ1) is 20.4. The van der Waals surface area contributed by atoms with Gasteiger partial charge in [0.05, 0.1) is 19.4 Å². The summed E-state index contributed by atoms with van der Waals surface area (Å²) >= 11 is 0. The summed E-state index contributed by atoms with van der Waals surface area (Å²) in [6.07, 6.45) is 5.12. The molecule has 9 heteroatoms. The second kappa shape index (κ2) is 9.35. The molecule has 3 heterocycles. The molecule has 2 N–H and O–H groups in total. The van der Waals surface area contributed by atoms with Crippen LogP contribution in [-0.4, -0.2) is 65.7 Å². The summed E-state index contributed by atoms with van der Waals surface area (Å²) in [6.45, 7) is 4.70. The lowest BCUT2D eigenvalue weighted by molar-refractivity contribution is 0.122. The van der Waals surface area contributed by atoms with Crippen molar-refractivity contribution in [1.82, 2.24) is 15.0 Å². The van der Waals surface area contributed by atoms with Gasteiger partial charge in [0.2, 0.25) is 17.8 Å². The zero-order chi connectivity index (χ0) is 21.8. The first-order valence-corrected chi connectivity index (χ1v) is 11.1. The average Bonchev–Trinajstić information content (AvgIpc) is 2.86. The molecule has 0 amide bonds. The maximum Gasteiger partial charge on any atom is 0.250 e. The number of anilines is 3. The van der Waals surface area contributed by atoms with Gasteiger partial charge in [-0.05, 0) is 36.1 Å². The van der Waals surface area contributed by atoms with Crippen molar-refractivity contribution in [3.63, 3.8) is 0 Å². The summed E-state index contributed by atoms with van der Waals surface area (Å²) in [5.41, 5.74) is 3.60. The highest BCUT2D eigenvalue weighted by atomic mass is 16.5. The van der Waals surface area contributed by atoms with Crippen molar-refractivity contribution in [3.8, 4) is 5.75 Å². The monoisotopic (exact) mass is 433 g/mol. The van der Waals surface area contributed by atoms with Crippen LogP contribution in [-0.2, 0) is 4.74 Å². The summed E-state index contributed by atoms with van der Waals surface area (Å²) in [5.74, 6) is 1.87. The highest BCUT2D eigenvalue weighted by Gasteiger charge is 2.20. The zero-order valence-electron chi connectivity index (χ0n) is 17.9. The molecule has 0 atom stereocenters. The quantitative estimate of drug-likeness (QED) is 0.468. The summed E-state index contributed by atoms with van der Waals surface area (Å²) < 4.78 is 5.47. The maximum absolute atomic E-state index is 10.3. The SMILES string of the molecule is Oc1ccc2ccccc2c1/C=N/Nc1nc(N2CCCCC2)nc(N2CCOCC2)n1. The Morgan fingerprint density at radius 1 is 0.875 bits per heavy atom. The van der Waals surface area contributed by atoms with Gasteiger partial charge in [0.15, 0.2) is 0 Å². The van der Waals surface area contributed by atoms with E-state index in [2.05, 4.69) is 30.3 Å². The van der Waals surface area contributed by atoms with E-state index in [0.717, 1.165) is 49.8 Å². The molecule has 2 fully saturated rings. The molecule has 2 aliphatic heterocycles. The molecule has 0 spiro atoms. The number of phenolic OH excluding ortho intramolecular Hbond substituents is 1. The fraction of sp³-hybridized carbons (Fsp3) is 0.391. The fourth-order valence-electron chi connectivity index (χ4n) is 4.12. The van der Waals surface area contributed by atoms with E-state index in [1.165, 1.54) is 6.42 Å². The molecule has 166 valence electrons. The molecule has 0 saturated carbocycles. The Bertz CT molecular complexity index is 1070. The Labute approximate surface area is 186 Å². The molecule has 0 unspecified atom stereocenters. The number of rotatable bonds is 5. The minimum absolute atomic E-state index is 0.174. The Morgan fingerprint density at radius 3 is 2.38 bits per heavy atom. The Morgan fingerprint density at radius 2 is 1.59 bits per heavy atom. The lowest BCUT2D eigenvalue weighted by Gasteiger charge is -2.30. The molecule has 3 aromatic rings. The van der Waals surface area contributed by atoms with Gasteiger partial charge in [-0.3, -0.25) is 0 Å². The number of phenols is 1. The van der Waals surface area contributed by atoms with Gasteiger partial charge in [-0.2, -0.15) is 20.1 Å². The van der Waals surface area contributed by atoms with Crippen LogP contribution in [0, 0.1) is 0 Å². The molecule has 0 bridgehead atoms. The van der Waals surface area contributed by atoms with Gasteiger partial charge in [0.25, 0.3) is 0 Å². The summed E-state index contributed by atoms with van der Waals surface area (Å²) in [6, 6.07) is 11.4. The van der Waals surface area contributed by atoms with Gasteiger partial charge >= 0.3 is 0 Å². The van der Waals surface area contributed by atoms with Crippen LogP contribution in [0.3, 0.4) is 0 Å². The number of aromatic hydroxyl groups is 1. The normalized spacial score (nSPS) is 17.2. The molecular weight excluding hydrogens is 406 g/mol. The van der Waals surface area contributed by atoms with Crippen molar-refractivity contribution in [2.24, 2.45) is 5.10 Å². The third-order valence-electron chi connectivity index (χ3n) is 5.85. The van der Waals surface area contributed by atoms with Crippen LogP contribution < -0.4 is 15.2 Å². The predicted molar refractivity (Wildman–Crippen MR) is 126 cm³/mol. The minimum Gasteiger partial charge on any atom is -0.507 e.